The maximum absolute atomic E-state index is 12.6. The summed E-state index contributed by atoms with van der Waals surface area (Å²) < 4.78 is 37.8. The maximum Gasteiger partial charge on any atom is 0.416 e. The fourth-order valence-corrected chi connectivity index (χ4v) is 2.86. The molecule has 0 radical (unpaired) electrons. The number of amides is 1. The number of halogens is 3. The van der Waals surface area contributed by atoms with Crippen molar-refractivity contribution in [3.8, 4) is 0 Å². The minimum Gasteiger partial charge on any atom is -0.390 e. The molecule has 7 heteroatoms. The standard InChI is InChI=1S/C17H23F3N2O2/c1-12(2)7-22-10-15(23)9-21(11-16(22)24)8-13-3-5-14(6-4-13)17(18,19)20/h3-6,12,15,23H,7-11H2,1-2H3. The van der Waals surface area contributed by atoms with Gasteiger partial charge in [-0.25, -0.2) is 0 Å². The third kappa shape index (κ3) is 5.21. The zero-order chi connectivity index (χ0) is 17.9. The second-order valence-electron chi connectivity index (χ2n) is 6.71. The van der Waals surface area contributed by atoms with Gasteiger partial charge in [-0.3, -0.25) is 9.69 Å². The molecular formula is C17H23F3N2O2. The van der Waals surface area contributed by atoms with Gasteiger partial charge in [0.05, 0.1) is 18.2 Å². The predicted octanol–water partition coefficient (Wildman–Crippen LogP) is 2.37. The molecular weight excluding hydrogens is 321 g/mol. The van der Waals surface area contributed by atoms with Crippen LogP contribution in [0, 0.1) is 5.92 Å². The van der Waals surface area contributed by atoms with Crippen LogP contribution in [0.1, 0.15) is 25.0 Å². The Balaban J connectivity index is 2.03. The number of hydrogen-bond donors (Lipinski definition) is 1. The molecule has 2 rings (SSSR count). The van der Waals surface area contributed by atoms with Gasteiger partial charge in [0.2, 0.25) is 5.91 Å². The number of aliphatic hydroxyl groups is 1. The molecule has 0 aromatic heterocycles. The second kappa shape index (κ2) is 7.53. The minimum atomic E-state index is -4.36. The molecule has 1 aliphatic heterocycles. The first-order valence-corrected chi connectivity index (χ1v) is 7.99. The third-order valence-electron chi connectivity index (χ3n) is 3.88. The van der Waals surface area contributed by atoms with Crippen molar-refractivity contribution in [2.45, 2.75) is 32.7 Å². The van der Waals surface area contributed by atoms with Crippen LogP contribution >= 0.6 is 0 Å². The number of aliphatic hydroxyl groups excluding tert-OH is 1. The SMILES string of the molecule is CC(C)CN1CC(O)CN(Cc2ccc(C(F)(F)F)cc2)CC1=O. The highest BCUT2D eigenvalue weighted by Crippen LogP contribution is 2.29. The number of β-amino-alcohol motifs (C(OH)–C–C–N with tert-alkyl or cyclic N) is 1. The monoisotopic (exact) mass is 344 g/mol. The smallest absolute Gasteiger partial charge is 0.390 e. The summed E-state index contributed by atoms with van der Waals surface area (Å²) in [6.07, 6.45) is -5.02. The van der Waals surface area contributed by atoms with Gasteiger partial charge in [0.25, 0.3) is 0 Å². The molecule has 1 aliphatic rings. The number of benzene rings is 1. The highest BCUT2D eigenvalue weighted by atomic mass is 19.4. The highest BCUT2D eigenvalue weighted by Gasteiger charge is 2.30. The summed E-state index contributed by atoms with van der Waals surface area (Å²) in [7, 11) is 0. The quantitative estimate of drug-likeness (QED) is 0.912. The van der Waals surface area contributed by atoms with Crippen LogP contribution in [0.25, 0.3) is 0 Å². The zero-order valence-corrected chi connectivity index (χ0v) is 13.9. The Hall–Kier alpha value is -1.60. The zero-order valence-electron chi connectivity index (χ0n) is 13.9. The summed E-state index contributed by atoms with van der Waals surface area (Å²) in [5.41, 5.74) is -0.0124. The van der Waals surface area contributed by atoms with E-state index in [1.807, 2.05) is 13.8 Å². The van der Waals surface area contributed by atoms with Crippen LogP contribution in [0.2, 0.25) is 0 Å². The third-order valence-corrected chi connectivity index (χ3v) is 3.88. The van der Waals surface area contributed by atoms with Gasteiger partial charge in [0, 0.05) is 26.2 Å². The molecule has 1 saturated heterocycles. The van der Waals surface area contributed by atoms with Crippen molar-refractivity contribution < 1.29 is 23.1 Å². The Kier molecular flexibility index (Phi) is 5.87. The fourth-order valence-electron chi connectivity index (χ4n) is 2.86. The summed E-state index contributed by atoms with van der Waals surface area (Å²) in [6, 6.07) is 4.90. The Morgan fingerprint density at radius 3 is 2.38 bits per heavy atom. The summed E-state index contributed by atoms with van der Waals surface area (Å²) >= 11 is 0. The molecule has 1 N–H and O–H groups in total. The fraction of sp³-hybridized carbons (Fsp3) is 0.588. The average molecular weight is 344 g/mol. The van der Waals surface area contributed by atoms with Crippen LogP contribution in [0.5, 0.6) is 0 Å². The molecule has 1 atom stereocenters. The van der Waals surface area contributed by atoms with Gasteiger partial charge in [-0.15, -0.1) is 0 Å². The number of carbonyl (C=O) groups is 1. The van der Waals surface area contributed by atoms with Crippen molar-refractivity contribution in [3.05, 3.63) is 35.4 Å². The Morgan fingerprint density at radius 2 is 1.83 bits per heavy atom. The van der Waals surface area contributed by atoms with Crippen molar-refractivity contribution in [1.29, 1.82) is 0 Å². The Morgan fingerprint density at radius 1 is 1.21 bits per heavy atom. The topological polar surface area (TPSA) is 43.8 Å². The first-order valence-electron chi connectivity index (χ1n) is 7.99. The largest absolute Gasteiger partial charge is 0.416 e. The molecule has 1 unspecified atom stereocenters. The first-order chi connectivity index (χ1) is 11.1. The van der Waals surface area contributed by atoms with Crippen LogP contribution in [-0.4, -0.2) is 53.1 Å². The van der Waals surface area contributed by atoms with Crippen LogP contribution in [0.4, 0.5) is 13.2 Å². The molecule has 0 saturated carbocycles. The summed E-state index contributed by atoms with van der Waals surface area (Å²) in [6.45, 7) is 5.70. The Bertz CT molecular complexity index is 558. The number of nitrogens with zero attached hydrogens (tertiary/aromatic N) is 2. The predicted molar refractivity (Wildman–Crippen MR) is 84.1 cm³/mol. The van der Waals surface area contributed by atoms with Gasteiger partial charge < -0.3 is 10.0 Å². The number of carbonyl (C=O) groups excluding carboxylic acids is 1. The molecule has 1 heterocycles. The lowest BCUT2D eigenvalue weighted by molar-refractivity contribution is -0.137. The van der Waals surface area contributed by atoms with E-state index in [9.17, 15) is 23.1 Å². The van der Waals surface area contributed by atoms with E-state index in [1.165, 1.54) is 12.1 Å². The van der Waals surface area contributed by atoms with E-state index in [-0.39, 0.29) is 12.5 Å². The maximum atomic E-state index is 12.6. The Labute approximate surface area is 139 Å². The van der Waals surface area contributed by atoms with Gasteiger partial charge >= 0.3 is 6.18 Å². The van der Waals surface area contributed by atoms with Gasteiger partial charge in [-0.2, -0.15) is 13.2 Å². The van der Waals surface area contributed by atoms with Crippen LogP contribution in [0.3, 0.4) is 0 Å². The first kappa shape index (κ1) is 18.7. The van der Waals surface area contributed by atoms with E-state index in [1.54, 1.807) is 9.80 Å². The van der Waals surface area contributed by atoms with Crippen LogP contribution in [-0.2, 0) is 17.5 Å². The molecule has 1 aromatic rings. The number of rotatable bonds is 4. The average Bonchev–Trinajstić information content (AvgIpc) is 2.57. The van der Waals surface area contributed by atoms with Gasteiger partial charge in [-0.1, -0.05) is 26.0 Å². The van der Waals surface area contributed by atoms with E-state index < -0.39 is 17.8 Å². The molecule has 1 aromatic carbocycles. The van der Waals surface area contributed by atoms with E-state index in [0.717, 1.165) is 12.1 Å². The molecule has 134 valence electrons. The molecule has 24 heavy (non-hydrogen) atoms. The van der Waals surface area contributed by atoms with Gasteiger partial charge in [-0.05, 0) is 23.6 Å². The highest BCUT2D eigenvalue weighted by molar-refractivity contribution is 5.78. The molecule has 0 aliphatic carbocycles. The molecule has 1 amide bonds. The van der Waals surface area contributed by atoms with Gasteiger partial charge in [0.1, 0.15) is 0 Å². The van der Waals surface area contributed by atoms with E-state index in [4.69, 9.17) is 0 Å². The van der Waals surface area contributed by atoms with E-state index in [2.05, 4.69) is 0 Å². The number of alkyl halides is 3. The van der Waals surface area contributed by atoms with Crippen molar-refractivity contribution in [2.75, 3.05) is 26.2 Å². The van der Waals surface area contributed by atoms with E-state index >= 15 is 0 Å². The van der Waals surface area contributed by atoms with Gasteiger partial charge in [0.15, 0.2) is 0 Å². The lowest BCUT2D eigenvalue weighted by Gasteiger charge is -2.23. The lowest BCUT2D eigenvalue weighted by Crippen LogP contribution is -2.39. The van der Waals surface area contributed by atoms with Crippen LogP contribution < -0.4 is 0 Å². The molecule has 4 nitrogen and oxygen atoms in total. The minimum absolute atomic E-state index is 0.0628. The normalized spacial score (nSPS) is 20.5. The van der Waals surface area contributed by atoms with Crippen molar-refractivity contribution in [3.63, 3.8) is 0 Å². The molecule has 1 fully saturated rings. The summed E-state index contributed by atoms with van der Waals surface area (Å²) in [4.78, 5) is 15.7. The van der Waals surface area contributed by atoms with Crippen molar-refractivity contribution in [2.24, 2.45) is 5.92 Å². The van der Waals surface area contributed by atoms with Crippen molar-refractivity contribution in [1.82, 2.24) is 9.80 Å². The molecule has 0 bridgehead atoms. The second-order valence-corrected chi connectivity index (χ2v) is 6.71. The van der Waals surface area contributed by atoms with Crippen LogP contribution in [0.15, 0.2) is 24.3 Å². The summed E-state index contributed by atoms with van der Waals surface area (Å²) in [5.74, 6) is 0.245. The van der Waals surface area contributed by atoms with E-state index in [0.29, 0.717) is 37.7 Å². The summed E-state index contributed by atoms with van der Waals surface area (Å²) in [5, 5.41) is 10.1. The lowest BCUT2D eigenvalue weighted by atomic mass is 10.1. The molecule has 0 spiro atoms. The number of hydrogen-bond acceptors (Lipinski definition) is 3. The van der Waals surface area contributed by atoms with Crippen molar-refractivity contribution >= 4 is 5.91 Å².